The molecule has 0 amide bonds. The molecule has 0 atom stereocenters. The van der Waals surface area contributed by atoms with E-state index in [1.807, 2.05) is 0 Å². The summed E-state index contributed by atoms with van der Waals surface area (Å²) in [6.07, 6.45) is 9.03. The molecule has 0 N–H and O–H groups in total. The molecule has 2 aromatic rings. The van der Waals surface area contributed by atoms with Gasteiger partial charge in [-0.05, 0) is 59.1 Å². The van der Waals surface area contributed by atoms with Gasteiger partial charge < -0.3 is 0 Å². The molecule has 2 rings (SSSR count). The first-order chi connectivity index (χ1) is 10.7. The van der Waals surface area contributed by atoms with Crippen LogP contribution in [0.5, 0.6) is 0 Å². The van der Waals surface area contributed by atoms with Gasteiger partial charge in [-0.15, -0.1) is 0 Å². The van der Waals surface area contributed by atoms with Crippen molar-refractivity contribution in [1.29, 1.82) is 0 Å². The predicted molar refractivity (Wildman–Crippen MR) is 99.3 cm³/mol. The zero-order valence-electron chi connectivity index (χ0n) is 14.4. The second-order valence-corrected chi connectivity index (χ2v) is 5.72. The van der Waals surface area contributed by atoms with Gasteiger partial charge in [0.25, 0.3) is 0 Å². The molecule has 22 heavy (non-hydrogen) atoms. The van der Waals surface area contributed by atoms with Gasteiger partial charge >= 0.3 is 0 Å². The van der Waals surface area contributed by atoms with Crippen molar-refractivity contribution in [2.45, 2.75) is 53.4 Å². The molecule has 0 fully saturated rings. The Bertz CT molecular complexity index is 633. The minimum atomic E-state index is 1.11. The maximum absolute atomic E-state index is 2.41. The number of rotatable bonds is 6. The van der Waals surface area contributed by atoms with Crippen LogP contribution in [-0.4, -0.2) is 0 Å². The highest BCUT2D eigenvalue weighted by Crippen LogP contribution is 2.27. The van der Waals surface area contributed by atoms with E-state index in [0.717, 1.165) is 25.7 Å². The highest BCUT2D eigenvalue weighted by atomic mass is 14.2. The van der Waals surface area contributed by atoms with Crippen molar-refractivity contribution in [3.05, 3.63) is 69.8 Å². The monoisotopic (exact) mass is 292 g/mol. The van der Waals surface area contributed by atoms with E-state index in [1.165, 1.54) is 22.3 Å². The zero-order valence-corrected chi connectivity index (χ0v) is 14.4. The normalized spacial score (nSPS) is 11.3. The van der Waals surface area contributed by atoms with Crippen LogP contribution in [0, 0.1) is 0 Å². The molecule has 0 saturated carbocycles. The summed E-state index contributed by atoms with van der Waals surface area (Å²) in [5, 5.41) is 0. The van der Waals surface area contributed by atoms with Crippen LogP contribution in [0.15, 0.2) is 36.4 Å². The number of hydrogen-bond acceptors (Lipinski definition) is 0. The summed E-state index contributed by atoms with van der Waals surface area (Å²) in [6.45, 7) is 9.12. The van der Waals surface area contributed by atoms with E-state index in [4.69, 9.17) is 0 Å². The fourth-order valence-electron chi connectivity index (χ4n) is 3.41. The summed E-state index contributed by atoms with van der Waals surface area (Å²) in [7, 11) is 0. The lowest BCUT2D eigenvalue weighted by atomic mass is 9.86. The molecule has 0 aliphatic heterocycles. The smallest absolute Gasteiger partial charge is 0.0219 e. The average Bonchev–Trinajstić information content (AvgIpc) is 2.58. The van der Waals surface area contributed by atoms with E-state index in [-0.39, 0.29) is 0 Å². The third-order valence-electron chi connectivity index (χ3n) is 4.49. The minimum Gasteiger partial charge on any atom is -0.0622 e. The summed E-state index contributed by atoms with van der Waals surface area (Å²) in [6, 6.07) is 13.0. The first-order valence-corrected chi connectivity index (χ1v) is 8.64. The van der Waals surface area contributed by atoms with Gasteiger partial charge in [0.15, 0.2) is 0 Å². The van der Waals surface area contributed by atoms with Gasteiger partial charge in [0.1, 0.15) is 0 Å². The van der Waals surface area contributed by atoms with E-state index >= 15 is 0 Å². The summed E-state index contributed by atoms with van der Waals surface area (Å²) >= 11 is 0. The lowest BCUT2D eigenvalue weighted by molar-refractivity contribution is 0.942. The predicted octanol–water partition coefficient (Wildman–Crippen LogP) is 6.11. The van der Waals surface area contributed by atoms with Gasteiger partial charge in [-0.2, -0.15) is 0 Å². The van der Waals surface area contributed by atoms with Crippen LogP contribution in [0.2, 0.25) is 0 Å². The van der Waals surface area contributed by atoms with E-state index in [9.17, 15) is 0 Å². The zero-order chi connectivity index (χ0) is 15.9. The molecule has 0 saturated heterocycles. The number of aryl methyl sites for hydroxylation is 1. The molecule has 0 radical (unpaired) electrons. The third kappa shape index (κ3) is 3.50. The van der Waals surface area contributed by atoms with Crippen LogP contribution in [0.25, 0.3) is 12.2 Å². The van der Waals surface area contributed by atoms with Crippen molar-refractivity contribution in [1.82, 2.24) is 0 Å². The molecule has 0 heterocycles. The molecule has 0 unspecified atom stereocenters. The fourth-order valence-corrected chi connectivity index (χ4v) is 3.41. The van der Waals surface area contributed by atoms with E-state index in [2.05, 4.69) is 76.2 Å². The molecule has 0 spiro atoms. The average molecular weight is 292 g/mol. The lowest BCUT2D eigenvalue weighted by Crippen LogP contribution is -2.05. The largest absolute Gasteiger partial charge is 0.0622 e. The minimum absolute atomic E-state index is 1.11. The Balaban J connectivity index is 2.52. The van der Waals surface area contributed by atoms with Crippen LogP contribution in [0.1, 0.15) is 61.1 Å². The quantitative estimate of drug-likeness (QED) is 0.564. The summed E-state index contributed by atoms with van der Waals surface area (Å²) in [4.78, 5) is 0. The van der Waals surface area contributed by atoms with Crippen LogP contribution >= 0.6 is 0 Å². The lowest BCUT2D eigenvalue weighted by Gasteiger charge is -2.19. The Labute approximate surface area is 135 Å². The second-order valence-electron chi connectivity index (χ2n) is 5.72. The number of benzene rings is 2. The van der Waals surface area contributed by atoms with Gasteiger partial charge in [-0.1, -0.05) is 76.2 Å². The van der Waals surface area contributed by atoms with E-state index in [0.29, 0.717) is 0 Å². The molecular formula is C22H28. The molecule has 0 heteroatoms. The molecule has 0 aliphatic carbocycles. The molecule has 0 nitrogen and oxygen atoms in total. The second kappa shape index (κ2) is 7.98. The summed E-state index contributed by atoms with van der Waals surface area (Å²) in [5.74, 6) is 0. The van der Waals surface area contributed by atoms with Crippen molar-refractivity contribution in [3.8, 4) is 0 Å². The molecule has 0 aliphatic rings. The Morgan fingerprint density at radius 2 is 1.32 bits per heavy atom. The van der Waals surface area contributed by atoms with Gasteiger partial charge in [-0.25, -0.2) is 0 Å². The van der Waals surface area contributed by atoms with Crippen LogP contribution in [-0.2, 0) is 25.7 Å². The van der Waals surface area contributed by atoms with Crippen molar-refractivity contribution in [3.63, 3.8) is 0 Å². The molecule has 0 bridgehead atoms. The van der Waals surface area contributed by atoms with Gasteiger partial charge in [0.2, 0.25) is 0 Å². The Kier molecular flexibility index (Phi) is 6.00. The van der Waals surface area contributed by atoms with Gasteiger partial charge in [0, 0.05) is 0 Å². The maximum atomic E-state index is 2.41. The SMILES string of the molecule is CCc1cc(C=Cc2ccccc2)c(CC)c(CC)c1CC. The molecular weight excluding hydrogens is 264 g/mol. The Hall–Kier alpha value is -1.82. The Morgan fingerprint density at radius 3 is 1.86 bits per heavy atom. The van der Waals surface area contributed by atoms with Crippen molar-refractivity contribution < 1.29 is 0 Å². The summed E-state index contributed by atoms with van der Waals surface area (Å²) in [5.41, 5.74) is 8.88. The van der Waals surface area contributed by atoms with Crippen LogP contribution in [0.4, 0.5) is 0 Å². The highest BCUT2D eigenvalue weighted by molar-refractivity contribution is 5.73. The maximum Gasteiger partial charge on any atom is -0.0219 e. The van der Waals surface area contributed by atoms with Crippen LogP contribution < -0.4 is 0 Å². The third-order valence-corrected chi connectivity index (χ3v) is 4.49. The standard InChI is InChI=1S/C22H28/c1-5-18-16-19(15-14-17-12-10-9-11-13-17)21(7-3)22(8-4)20(18)6-2/h9-16H,5-8H2,1-4H3. The Morgan fingerprint density at radius 1 is 0.682 bits per heavy atom. The topological polar surface area (TPSA) is 0 Å². The van der Waals surface area contributed by atoms with Gasteiger partial charge in [-0.3, -0.25) is 0 Å². The van der Waals surface area contributed by atoms with Crippen LogP contribution in [0.3, 0.4) is 0 Å². The molecule has 0 aromatic heterocycles. The first kappa shape index (κ1) is 16.5. The highest BCUT2D eigenvalue weighted by Gasteiger charge is 2.12. The summed E-state index contributed by atoms with van der Waals surface area (Å²) < 4.78 is 0. The fraction of sp³-hybridized carbons (Fsp3) is 0.364. The van der Waals surface area contributed by atoms with E-state index in [1.54, 1.807) is 11.1 Å². The number of hydrogen-bond donors (Lipinski definition) is 0. The van der Waals surface area contributed by atoms with Crippen molar-refractivity contribution in [2.75, 3.05) is 0 Å². The van der Waals surface area contributed by atoms with Crippen molar-refractivity contribution >= 4 is 12.2 Å². The molecule has 2 aromatic carbocycles. The van der Waals surface area contributed by atoms with E-state index < -0.39 is 0 Å². The molecule has 116 valence electrons. The first-order valence-electron chi connectivity index (χ1n) is 8.64. The van der Waals surface area contributed by atoms with Gasteiger partial charge in [0.05, 0.1) is 0 Å². The van der Waals surface area contributed by atoms with Crippen molar-refractivity contribution in [2.24, 2.45) is 0 Å².